The van der Waals surface area contributed by atoms with Gasteiger partial charge in [0.05, 0.1) is 0 Å². The smallest absolute Gasteiger partial charge is 0.181 e. The van der Waals surface area contributed by atoms with Crippen LogP contribution in [-0.4, -0.2) is 15.2 Å². The monoisotopic (exact) mass is 222 g/mol. The fourth-order valence-corrected chi connectivity index (χ4v) is 1.57. The van der Waals surface area contributed by atoms with Crippen LogP contribution in [0.5, 0.6) is 0 Å². The van der Waals surface area contributed by atoms with Crippen molar-refractivity contribution in [1.29, 1.82) is 0 Å². The van der Waals surface area contributed by atoms with E-state index in [0.717, 1.165) is 17.8 Å². The highest BCUT2D eigenvalue weighted by Crippen LogP contribution is 2.23. The largest absolute Gasteiger partial charge is 0.399 e. The van der Waals surface area contributed by atoms with Gasteiger partial charge in [0.25, 0.3) is 0 Å². The minimum Gasteiger partial charge on any atom is -0.399 e. The molecule has 0 spiro atoms. The maximum atomic E-state index is 5.89. The topological polar surface area (TPSA) is 67.6 Å². The fourth-order valence-electron chi connectivity index (χ4n) is 1.32. The van der Waals surface area contributed by atoms with Gasteiger partial charge in [0.1, 0.15) is 5.82 Å². The van der Waals surface area contributed by atoms with Gasteiger partial charge in [0, 0.05) is 22.7 Å². The lowest BCUT2D eigenvalue weighted by Gasteiger charge is -1.98. The maximum absolute atomic E-state index is 5.89. The van der Waals surface area contributed by atoms with E-state index in [0.29, 0.717) is 16.5 Å². The summed E-state index contributed by atoms with van der Waals surface area (Å²) in [5.41, 5.74) is 7.13. The highest BCUT2D eigenvalue weighted by Gasteiger charge is 2.06. The number of aromatic amines is 1. The number of nitrogens with two attached hydrogens (primary N) is 1. The standard InChI is InChI=1S/C10H11ClN4/c1-2-9-13-10(15-14-9)6-3-7(11)5-8(12)4-6/h3-5H,2,12H2,1H3,(H,13,14,15). The summed E-state index contributed by atoms with van der Waals surface area (Å²) in [5.74, 6) is 1.48. The van der Waals surface area contributed by atoms with E-state index < -0.39 is 0 Å². The Kier molecular flexibility index (Phi) is 2.60. The number of halogens is 1. The van der Waals surface area contributed by atoms with Crippen LogP contribution in [0.4, 0.5) is 5.69 Å². The lowest BCUT2D eigenvalue weighted by Crippen LogP contribution is -1.87. The van der Waals surface area contributed by atoms with Crippen molar-refractivity contribution in [2.75, 3.05) is 5.73 Å². The molecule has 0 saturated heterocycles. The van der Waals surface area contributed by atoms with E-state index in [1.807, 2.05) is 6.92 Å². The molecule has 0 aliphatic carbocycles. The molecule has 1 heterocycles. The molecule has 15 heavy (non-hydrogen) atoms. The molecule has 2 rings (SSSR count). The van der Waals surface area contributed by atoms with E-state index in [4.69, 9.17) is 17.3 Å². The van der Waals surface area contributed by atoms with Gasteiger partial charge >= 0.3 is 0 Å². The van der Waals surface area contributed by atoms with E-state index in [2.05, 4.69) is 15.2 Å². The molecule has 1 aromatic heterocycles. The van der Waals surface area contributed by atoms with E-state index in [1.54, 1.807) is 18.2 Å². The van der Waals surface area contributed by atoms with Crippen LogP contribution in [0, 0.1) is 0 Å². The molecule has 0 aliphatic heterocycles. The highest BCUT2D eigenvalue weighted by molar-refractivity contribution is 6.31. The van der Waals surface area contributed by atoms with Gasteiger partial charge in [-0.3, -0.25) is 5.10 Å². The molecule has 1 aromatic carbocycles. The lowest BCUT2D eigenvalue weighted by atomic mass is 10.2. The molecule has 3 N–H and O–H groups in total. The summed E-state index contributed by atoms with van der Waals surface area (Å²) in [7, 11) is 0. The minimum atomic E-state index is 0.591. The summed E-state index contributed by atoms with van der Waals surface area (Å²) < 4.78 is 0. The van der Waals surface area contributed by atoms with Crippen LogP contribution in [0.15, 0.2) is 18.2 Å². The molecule has 0 saturated carbocycles. The van der Waals surface area contributed by atoms with Crippen molar-refractivity contribution >= 4 is 17.3 Å². The number of nitrogens with one attached hydrogen (secondary N) is 1. The summed E-state index contributed by atoms with van der Waals surface area (Å²) in [4.78, 5) is 4.30. The molecule has 2 aromatic rings. The first-order valence-corrected chi connectivity index (χ1v) is 5.04. The highest BCUT2D eigenvalue weighted by atomic mass is 35.5. The average molecular weight is 223 g/mol. The van der Waals surface area contributed by atoms with Gasteiger partial charge in [-0.2, -0.15) is 5.10 Å². The molecule has 0 fully saturated rings. The first-order valence-electron chi connectivity index (χ1n) is 4.66. The molecule has 4 nitrogen and oxygen atoms in total. The van der Waals surface area contributed by atoms with E-state index in [9.17, 15) is 0 Å². The maximum Gasteiger partial charge on any atom is 0.181 e. The Morgan fingerprint density at radius 3 is 2.80 bits per heavy atom. The van der Waals surface area contributed by atoms with Crippen molar-refractivity contribution in [3.05, 3.63) is 29.0 Å². The second kappa shape index (κ2) is 3.90. The Bertz CT molecular complexity index is 458. The van der Waals surface area contributed by atoms with Crippen LogP contribution in [0.2, 0.25) is 5.02 Å². The number of rotatable bonds is 2. The van der Waals surface area contributed by atoms with Gasteiger partial charge in [-0.05, 0) is 18.2 Å². The quantitative estimate of drug-likeness (QED) is 0.766. The molecule has 0 radical (unpaired) electrons. The van der Waals surface area contributed by atoms with Gasteiger partial charge < -0.3 is 5.73 Å². The number of hydrogen-bond acceptors (Lipinski definition) is 3. The Hall–Kier alpha value is -1.55. The summed E-state index contributed by atoms with van der Waals surface area (Å²) in [6.45, 7) is 2.01. The third-order valence-electron chi connectivity index (χ3n) is 2.04. The van der Waals surface area contributed by atoms with Crippen molar-refractivity contribution in [2.24, 2.45) is 0 Å². The number of H-pyrrole nitrogens is 1. The molecule has 0 amide bonds. The zero-order valence-electron chi connectivity index (χ0n) is 8.29. The predicted octanol–water partition coefficient (Wildman–Crippen LogP) is 2.27. The van der Waals surface area contributed by atoms with Gasteiger partial charge in [-0.1, -0.05) is 18.5 Å². The van der Waals surface area contributed by atoms with Crippen LogP contribution < -0.4 is 5.73 Å². The first-order chi connectivity index (χ1) is 7.19. The number of hydrogen-bond donors (Lipinski definition) is 2. The van der Waals surface area contributed by atoms with E-state index >= 15 is 0 Å². The summed E-state index contributed by atoms with van der Waals surface area (Å²) in [6, 6.07) is 5.29. The Labute approximate surface area is 92.5 Å². The zero-order valence-corrected chi connectivity index (χ0v) is 9.04. The van der Waals surface area contributed by atoms with E-state index in [-0.39, 0.29) is 0 Å². The second-order valence-corrected chi connectivity index (χ2v) is 3.67. The normalized spacial score (nSPS) is 10.5. The molecule has 0 atom stereocenters. The zero-order chi connectivity index (χ0) is 10.8. The molecule has 78 valence electrons. The summed E-state index contributed by atoms with van der Waals surface area (Å²) in [5, 5.41) is 7.53. The third kappa shape index (κ3) is 2.10. The number of benzene rings is 1. The number of nitrogens with zero attached hydrogens (tertiary/aromatic N) is 2. The molecular weight excluding hydrogens is 212 g/mol. The van der Waals surface area contributed by atoms with Gasteiger partial charge in [-0.15, -0.1) is 0 Å². The third-order valence-corrected chi connectivity index (χ3v) is 2.26. The van der Waals surface area contributed by atoms with Gasteiger partial charge in [0.2, 0.25) is 0 Å². The molecule has 0 bridgehead atoms. The molecule has 5 heteroatoms. The summed E-state index contributed by atoms with van der Waals surface area (Å²) >= 11 is 5.89. The van der Waals surface area contributed by atoms with Crippen molar-refractivity contribution in [1.82, 2.24) is 15.2 Å². The molecule has 0 unspecified atom stereocenters. The molecule has 0 aliphatic rings. The molecular formula is C10H11ClN4. The summed E-state index contributed by atoms with van der Waals surface area (Å²) in [6.07, 6.45) is 0.822. The van der Waals surface area contributed by atoms with Crippen molar-refractivity contribution in [3.63, 3.8) is 0 Å². The second-order valence-electron chi connectivity index (χ2n) is 3.23. The first kappa shape index (κ1) is 9.98. The Balaban J connectivity index is 2.44. The minimum absolute atomic E-state index is 0.591. The lowest BCUT2D eigenvalue weighted by molar-refractivity contribution is 0.946. The van der Waals surface area contributed by atoms with Crippen LogP contribution in [-0.2, 0) is 6.42 Å². The Morgan fingerprint density at radius 2 is 2.20 bits per heavy atom. The van der Waals surface area contributed by atoms with Crippen LogP contribution in [0.3, 0.4) is 0 Å². The predicted molar refractivity (Wildman–Crippen MR) is 60.6 cm³/mol. The van der Waals surface area contributed by atoms with Crippen molar-refractivity contribution < 1.29 is 0 Å². The SMILES string of the molecule is CCc1nc(-c2cc(N)cc(Cl)c2)n[nH]1. The fraction of sp³-hybridized carbons (Fsp3) is 0.200. The van der Waals surface area contributed by atoms with Crippen LogP contribution in [0.25, 0.3) is 11.4 Å². The number of anilines is 1. The van der Waals surface area contributed by atoms with Crippen LogP contribution in [0.1, 0.15) is 12.7 Å². The van der Waals surface area contributed by atoms with Crippen molar-refractivity contribution in [2.45, 2.75) is 13.3 Å². The van der Waals surface area contributed by atoms with Gasteiger partial charge in [-0.25, -0.2) is 4.98 Å². The van der Waals surface area contributed by atoms with Gasteiger partial charge in [0.15, 0.2) is 5.82 Å². The van der Waals surface area contributed by atoms with Crippen LogP contribution >= 0.6 is 11.6 Å². The number of aromatic nitrogens is 3. The number of nitrogen functional groups attached to an aromatic ring is 1. The van der Waals surface area contributed by atoms with E-state index in [1.165, 1.54) is 0 Å². The van der Waals surface area contributed by atoms with Crippen molar-refractivity contribution in [3.8, 4) is 11.4 Å². The Morgan fingerprint density at radius 1 is 1.40 bits per heavy atom. The average Bonchev–Trinajstić information content (AvgIpc) is 2.64. The number of aryl methyl sites for hydroxylation is 1.